The molecule has 0 bridgehead atoms. The van der Waals surface area contributed by atoms with Crippen molar-refractivity contribution < 1.29 is 23.9 Å². The quantitative estimate of drug-likeness (QED) is 0.485. The van der Waals surface area contributed by atoms with E-state index in [0.29, 0.717) is 11.1 Å². The van der Waals surface area contributed by atoms with E-state index in [9.17, 15) is 28.7 Å². The molecule has 0 atom stereocenters. The number of rotatable bonds is 6. The van der Waals surface area contributed by atoms with Crippen molar-refractivity contribution >= 4 is 29.3 Å². The monoisotopic (exact) mass is 554 g/mol. The van der Waals surface area contributed by atoms with Crippen LogP contribution in [0.1, 0.15) is 56.2 Å². The standard InChI is InChI=1S/C28H28ClFN4O5/c1-15(2)31-25(36)17-6-8-18(9-7-17)34-23(27(38)32(3)4)19-11-12-33(26(37)22(19)24(35)28(34)39)14-16-5-10-21(30)20(29)13-16/h5-10,13,15,35H,11-12,14H2,1-4H3,(H,31,36). The van der Waals surface area contributed by atoms with Gasteiger partial charge in [-0.3, -0.25) is 23.7 Å². The second-order valence-corrected chi connectivity index (χ2v) is 10.2. The van der Waals surface area contributed by atoms with Gasteiger partial charge in [-0.25, -0.2) is 4.39 Å². The fraction of sp³-hybridized carbons (Fsp3) is 0.286. The third kappa shape index (κ3) is 5.37. The second-order valence-electron chi connectivity index (χ2n) is 9.79. The fourth-order valence-corrected chi connectivity index (χ4v) is 4.69. The number of benzene rings is 2. The number of fused-ring (bicyclic) bond motifs is 1. The van der Waals surface area contributed by atoms with Crippen LogP contribution in [0.3, 0.4) is 0 Å². The summed E-state index contributed by atoms with van der Waals surface area (Å²) in [5, 5.41) is 13.7. The number of carbonyl (C=O) groups excluding carboxylic acids is 3. The number of amides is 3. The van der Waals surface area contributed by atoms with Gasteiger partial charge in [-0.1, -0.05) is 17.7 Å². The predicted molar refractivity (Wildman–Crippen MR) is 144 cm³/mol. The van der Waals surface area contributed by atoms with Crippen molar-refractivity contribution in [2.45, 2.75) is 32.9 Å². The first-order chi connectivity index (χ1) is 18.4. The molecule has 0 unspecified atom stereocenters. The molecule has 1 aromatic heterocycles. The van der Waals surface area contributed by atoms with Gasteiger partial charge in [0.1, 0.15) is 11.5 Å². The van der Waals surface area contributed by atoms with Crippen molar-refractivity contribution in [3.05, 3.63) is 91.6 Å². The molecule has 0 aliphatic carbocycles. The van der Waals surface area contributed by atoms with Crippen LogP contribution in [0.4, 0.5) is 4.39 Å². The highest BCUT2D eigenvalue weighted by Gasteiger charge is 2.35. The number of carbonyl (C=O) groups is 3. The van der Waals surface area contributed by atoms with Gasteiger partial charge in [-0.05, 0) is 62.2 Å². The Morgan fingerprint density at radius 2 is 1.79 bits per heavy atom. The van der Waals surface area contributed by atoms with Crippen LogP contribution in [-0.4, -0.2) is 63.9 Å². The first-order valence-electron chi connectivity index (χ1n) is 12.3. The van der Waals surface area contributed by atoms with Crippen LogP contribution in [0.5, 0.6) is 5.75 Å². The number of hydrogen-bond donors (Lipinski definition) is 2. The zero-order valence-electron chi connectivity index (χ0n) is 21.9. The smallest absolute Gasteiger partial charge is 0.298 e. The molecule has 9 nitrogen and oxygen atoms in total. The van der Waals surface area contributed by atoms with E-state index in [0.717, 1.165) is 4.57 Å². The number of aromatic nitrogens is 1. The van der Waals surface area contributed by atoms with Crippen molar-refractivity contribution in [2.24, 2.45) is 0 Å². The van der Waals surface area contributed by atoms with Gasteiger partial charge < -0.3 is 20.2 Å². The number of pyridine rings is 1. The molecule has 2 heterocycles. The van der Waals surface area contributed by atoms with E-state index in [1.165, 1.54) is 66.4 Å². The minimum absolute atomic E-state index is 0.0463. The first-order valence-corrected chi connectivity index (χ1v) is 12.7. The van der Waals surface area contributed by atoms with Crippen molar-refractivity contribution in [1.82, 2.24) is 19.7 Å². The Bertz CT molecular complexity index is 1530. The number of halogens is 2. The van der Waals surface area contributed by atoms with Gasteiger partial charge in [0.2, 0.25) is 0 Å². The zero-order valence-corrected chi connectivity index (χ0v) is 22.7. The van der Waals surface area contributed by atoms with Crippen LogP contribution >= 0.6 is 11.6 Å². The largest absolute Gasteiger partial charge is 0.502 e. The molecule has 0 saturated carbocycles. The Hall–Kier alpha value is -4.18. The maximum Gasteiger partial charge on any atom is 0.298 e. The van der Waals surface area contributed by atoms with Gasteiger partial charge in [0.05, 0.1) is 10.6 Å². The molecule has 3 amide bonds. The molecular weight excluding hydrogens is 527 g/mol. The number of nitrogens with one attached hydrogen (secondary N) is 1. The second kappa shape index (κ2) is 10.9. The molecule has 1 aliphatic heterocycles. The van der Waals surface area contributed by atoms with E-state index >= 15 is 0 Å². The van der Waals surface area contributed by atoms with Gasteiger partial charge >= 0.3 is 0 Å². The lowest BCUT2D eigenvalue weighted by atomic mass is 9.95. The van der Waals surface area contributed by atoms with Crippen LogP contribution in [0, 0.1) is 5.82 Å². The molecule has 0 saturated heterocycles. The van der Waals surface area contributed by atoms with Gasteiger partial charge in [-0.2, -0.15) is 0 Å². The summed E-state index contributed by atoms with van der Waals surface area (Å²) >= 11 is 5.88. The van der Waals surface area contributed by atoms with Crippen molar-refractivity contribution in [1.29, 1.82) is 0 Å². The normalized spacial score (nSPS) is 12.9. The van der Waals surface area contributed by atoms with Gasteiger partial charge in [0.25, 0.3) is 23.3 Å². The fourth-order valence-electron chi connectivity index (χ4n) is 4.49. The van der Waals surface area contributed by atoms with Crippen LogP contribution in [-0.2, 0) is 13.0 Å². The summed E-state index contributed by atoms with van der Waals surface area (Å²) in [6.45, 7) is 3.91. The lowest BCUT2D eigenvalue weighted by Gasteiger charge is -2.31. The van der Waals surface area contributed by atoms with Gasteiger partial charge in [0.15, 0.2) is 5.75 Å². The molecule has 0 spiro atoms. The Balaban J connectivity index is 1.81. The molecule has 1 aliphatic rings. The Morgan fingerprint density at radius 3 is 2.38 bits per heavy atom. The van der Waals surface area contributed by atoms with Crippen LogP contribution in [0.15, 0.2) is 47.3 Å². The van der Waals surface area contributed by atoms with Gasteiger partial charge in [-0.15, -0.1) is 0 Å². The van der Waals surface area contributed by atoms with Crippen LogP contribution < -0.4 is 10.9 Å². The summed E-state index contributed by atoms with van der Waals surface area (Å²) in [4.78, 5) is 55.4. The van der Waals surface area contributed by atoms with E-state index in [2.05, 4.69) is 5.32 Å². The highest BCUT2D eigenvalue weighted by molar-refractivity contribution is 6.30. The molecule has 2 N–H and O–H groups in total. The number of aromatic hydroxyl groups is 1. The maximum absolute atomic E-state index is 13.6. The molecule has 0 radical (unpaired) electrons. The number of hydrogen-bond acceptors (Lipinski definition) is 5. The lowest BCUT2D eigenvalue weighted by molar-refractivity contribution is 0.0720. The molecular formula is C28H28ClFN4O5. The Kier molecular flexibility index (Phi) is 7.78. The van der Waals surface area contributed by atoms with Gasteiger partial charge in [0, 0.05) is 50.0 Å². The third-order valence-electron chi connectivity index (χ3n) is 6.36. The first kappa shape index (κ1) is 27.8. The Labute approximate surface area is 229 Å². The van der Waals surface area contributed by atoms with E-state index in [1.54, 1.807) is 0 Å². The highest BCUT2D eigenvalue weighted by Crippen LogP contribution is 2.31. The summed E-state index contributed by atoms with van der Waals surface area (Å²) in [5.74, 6) is -2.83. The summed E-state index contributed by atoms with van der Waals surface area (Å²) in [5.41, 5.74) is 0.181. The third-order valence-corrected chi connectivity index (χ3v) is 6.65. The molecule has 39 heavy (non-hydrogen) atoms. The SMILES string of the molecule is CC(C)NC(=O)c1ccc(-n2c(C(=O)N(C)C)c3c(c(O)c2=O)C(=O)N(Cc2ccc(F)c(Cl)c2)CC3)cc1. The summed E-state index contributed by atoms with van der Waals surface area (Å²) in [6.07, 6.45) is 0.174. The molecule has 4 rings (SSSR count). The van der Waals surface area contributed by atoms with E-state index in [-0.39, 0.29) is 59.0 Å². The van der Waals surface area contributed by atoms with Crippen LogP contribution in [0.25, 0.3) is 5.69 Å². The minimum Gasteiger partial charge on any atom is -0.502 e. The summed E-state index contributed by atoms with van der Waals surface area (Å²) < 4.78 is 14.7. The predicted octanol–water partition coefficient (Wildman–Crippen LogP) is 3.37. The highest BCUT2D eigenvalue weighted by atomic mass is 35.5. The number of nitrogens with zero attached hydrogens (tertiary/aromatic N) is 3. The van der Waals surface area contributed by atoms with E-state index in [1.807, 2.05) is 13.8 Å². The van der Waals surface area contributed by atoms with E-state index < -0.39 is 28.9 Å². The molecule has 0 fully saturated rings. The molecule has 11 heteroatoms. The summed E-state index contributed by atoms with van der Waals surface area (Å²) in [6, 6.07) is 10.1. The molecule has 3 aromatic rings. The average Bonchev–Trinajstić information content (AvgIpc) is 2.88. The maximum atomic E-state index is 13.6. The average molecular weight is 555 g/mol. The topological polar surface area (TPSA) is 112 Å². The van der Waals surface area contributed by atoms with E-state index in [4.69, 9.17) is 11.6 Å². The van der Waals surface area contributed by atoms with Crippen LogP contribution in [0.2, 0.25) is 5.02 Å². The van der Waals surface area contributed by atoms with Crippen molar-refractivity contribution in [2.75, 3.05) is 20.6 Å². The van der Waals surface area contributed by atoms with Crippen molar-refractivity contribution in [3.8, 4) is 11.4 Å². The lowest BCUT2D eigenvalue weighted by Crippen LogP contribution is -2.42. The zero-order chi connectivity index (χ0) is 28.6. The molecule has 204 valence electrons. The summed E-state index contributed by atoms with van der Waals surface area (Å²) in [7, 11) is 3.04. The molecule has 2 aromatic carbocycles. The van der Waals surface area contributed by atoms with Crippen molar-refractivity contribution in [3.63, 3.8) is 0 Å². The Morgan fingerprint density at radius 1 is 1.13 bits per heavy atom. The minimum atomic E-state index is -0.946.